The van der Waals surface area contributed by atoms with Gasteiger partial charge in [-0.15, -0.1) is 11.3 Å². The molecule has 13 heteroatoms. The minimum absolute atomic E-state index is 0.0583. The van der Waals surface area contributed by atoms with Crippen LogP contribution in [-0.4, -0.2) is 45.7 Å². The number of ether oxygens (including phenoxy) is 2. The Bertz CT molecular complexity index is 1270. The summed E-state index contributed by atoms with van der Waals surface area (Å²) in [6.45, 7) is 0. The van der Waals surface area contributed by atoms with Crippen LogP contribution in [0, 0.1) is 0 Å². The monoisotopic (exact) mass is 534 g/mol. The van der Waals surface area contributed by atoms with Gasteiger partial charge in [-0.25, -0.2) is 9.78 Å². The van der Waals surface area contributed by atoms with Crippen LogP contribution in [0.4, 0.5) is 4.79 Å². The summed E-state index contributed by atoms with van der Waals surface area (Å²) < 4.78 is 36.8. The van der Waals surface area contributed by atoms with Gasteiger partial charge in [-0.1, -0.05) is 42.5 Å². The highest BCUT2D eigenvalue weighted by Gasteiger charge is 2.26. The quantitative estimate of drug-likeness (QED) is 0.337. The van der Waals surface area contributed by atoms with E-state index in [0.29, 0.717) is 17.3 Å². The van der Waals surface area contributed by atoms with Gasteiger partial charge in [0.25, 0.3) is 0 Å². The molecule has 0 aliphatic heterocycles. The molecule has 4 N–H and O–H groups in total. The summed E-state index contributed by atoms with van der Waals surface area (Å²) >= 11 is 1.31. The van der Waals surface area contributed by atoms with Crippen LogP contribution in [0.15, 0.2) is 60.0 Å². The van der Waals surface area contributed by atoms with Gasteiger partial charge in [-0.05, 0) is 29.7 Å². The average Bonchev–Trinajstić information content (AvgIpc) is 3.33. The Kier molecular flexibility index (Phi) is 9.22. The normalized spacial score (nSPS) is 12.8. The van der Waals surface area contributed by atoms with Gasteiger partial charge in [0.05, 0.1) is 25.6 Å². The molecule has 11 nitrogen and oxygen atoms in total. The molecule has 192 valence electrons. The fourth-order valence-electron chi connectivity index (χ4n) is 3.31. The van der Waals surface area contributed by atoms with Gasteiger partial charge in [0, 0.05) is 6.42 Å². The molecule has 2 atom stereocenters. The predicted molar refractivity (Wildman–Crippen MR) is 133 cm³/mol. The first-order chi connectivity index (χ1) is 17.2. The Morgan fingerprint density at radius 1 is 1.00 bits per heavy atom. The third-order valence-electron chi connectivity index (χ3n) is 4.98. The lowest BCUT2D eigenvalue weighted by atomic mass is 10.0. The number of nitrogens with one attached hydrogen (secondary N) is 2. The predicted octanol–water partition coefficient (Wildman–Crippen LogP) is 2.10. The number of benzene rings is 2. The molecule has 0 fully saturated rings. The van der Waals surface area contributed by atoms with Crippen LogP contribution in [-0.2, 0) is 32.7 Å². The number of amides is 2. The zero-order valence-electron chi connectivity index (χ0n) is 19.5. The molecular weight excluding hydrogens is 508 g/mol. The Morgan fingerprint density at radius 3 is 2.25 bits per heavy atom. The third kappa shape index (κ3) is 8.22. The number of methoxy groups -OCH3 is 2. The molecule has 0 saturated carbocycles. The second-order valence-corrected chi connectivity index (χ2v) is 9.63. The standard InChI is InChI=1S/C23H26N4O7S2/c1-32-20-14-35-22(27-20)19(13-16-8-10-17(11-9-16)34-36(24,30)31)25-21(28)18(26-23(29)33-2)12-15-6-4-3-5-7-15/h3-11,14,18-19H,12-13H2,1-2H3,(H,25,28)(H,26,29)(H2,24,30,31). The molecule has 0 radical (unpaired) electrons. The van der Waals surface area contributed by atoms with Crippen molar-refractivity contribution in [2.75, 3.05) is 14.2 Å². The first kappa shape index (κ1) is 26.9. The van der Waals surface area contributed by atoms with Crippen molar-refractivity contribution in [1.82, 2.24) is 15.6 Å². The third-order valence-corrected chi connectivity index (χ3v) is 6.34. The van der Waals surface area contributed by atoms with Crippen molar-refractivity contribution >= 4 is 33.6 Å². The molecule has 1 heterocycles. The van der Waals surface area contributed by atoms with Gasteiger partial charge < -0.3 is 24.3 Å². The summed E-state index contributed by atoms with van der Waals surface area (Å²) in [5.74, 6) is 0.0280. The summed E-state index contributed by atoms with van der Waals surface area (Å²) in [5.41, 5.74) is 1.61. The zero-order valence-corrected chi connectivity index (χ0v) is 21.2. The lowest BCUT2D eigenvalue weighted by Gasteiger charge is -2.22. The number of carbonyl (C=O) groups is 2. The number of rotatable bonds is 11. The molecular formula is C23H26N4O7S2. The fraction of sp³-hybridized carbons (Fsp3) is 0.261. The van der Waals surface area contributed by atoms with E-state index in [1.54, 1.807) is 17.5 Å². The summed E-state index contributed by atoms with van der Waals surface area (Å²) in [6.07, 6.45) is -0.173. The van der Waals surface area contributed by atoms with E-state index in [4.69, 9.17) is 14.6 Å². The largest absolute Gasteiger partial charge is 0.480 e. The second kappa shape index (κ2) is 12.3. The minimum Gasteiger partial charge on any atom is -0.480 e. The molecule has 2 aromatic carbocycles. The molecule has 0 spiro atoms. The number of alkyl carbamates (subject to hydrolysis) is 1. The minimum atomic E-state index is -4.14. The second-order valence-electron chi connectivity index (χ2n) is 7.59. The van der Waals surface area contributed by atoms with Crippen molar-refractivity contribution in [2.24, 2.45) is 5.14 Å². The van der Waals surface area contributed by atoms with Crippen molar-refractivity contribution in [1.29, 1.82) is 0 Å². The van der Waals surface area contributed by atoms with Crippen molar-refractivity contribution in [2.45, 2.75) is 24.9 Å². The van der Waals surface area contributed by atoms with E-state index >= 15 is 0 Å². The Labute approximate surface area is 212 Å². The molecule has 0 saturated heterocycles. The number of carbonyl (C=O) groups excluding carboxylic acids is 2. The van der Waals surface area contributed by atoms with Crippen molar-refractivity contribution in [3.8, 4) is 11.6 Å². The number of hydrogen-bond acceptors (Lipinski definition) is 9. The molecule has 3 aromatic rings. The highest BCUT2D eigenvalue weighted by Crippen LogP contribution is 2.26. The molecule has 3 rings (SSSR count). The van der Waals surface area contributed by atoms with E-state index in [1.807, 2.05) is 30.3 Å². The lowest BCUT2D eigenvalue weighted by molar-refractivity contribution is -0.123. The van der Waals surface area contributed by atoms with Gasteiger partial charge >= 0.3 is 16.4 Å². The van der Waals surface area contributed by atoms with E-state index in [-0.39, 0.29) is 12.2 Å². The van der Waals surface area contributed by atoms with Crippen molar-refractivity contribution in [3.63, 3.8) is 0 Å². The molecule has 0 bridgehead atoms. The van der Waals surface area contributed by atoms with Crippen LogP contribution < -0.4 is 24.7 Å². The Balaban J connectivity index is 1.82. The van der Waals surface area contributed by atoms with E-state index in [9.17, 15) is 18.0 Å². The summed E-state index contributed by atoms with van der Waals surface area (Å²) in [6, 6.07) is 14.0. The van der Waals surface area contributed by atoms with Gasteiger partial charge in [-0.2, -0.15) is 13.6 Å². The van der Waals surface area contributed by atoms with Crippen molar-refractivity contribution < 1.29 is 31.7 Å². The van der Waals surface area contributed by atoms with Gasteiger partial charge in [0.15, 0.2) is 0 Å². The smallest absolute Gasteiger partial charge is 0.407 e. The molecule has 0 aliphatic carbocycles. The van der Waals surface area contributed by atoms with Gasteiger partial charge in [-0.3, -0.25) is 4.79 Å². The Hall–Kier alpha value is -3.68. The summed E-state index contributed by atoms with van der Waals surface area (Å²) in [4.78, 5) is 29.7. The fourth-order valence-corrected chi connectivity index (χ4v) is 4.51. The van der Waals surface area contributed by atoms with Crippen LogP contribution in [0.2, 0.25) is 0 Å². The van der Waals surface area contributed by atoms with Crippen LogP contribution in [0.3, 0.4) is 0 Å². The topological polar surface area (TPSA) is 159 Å². The van der Waals surface area contributed by atoms with Crippen LogP contribution >= 0.6 is 11.3 Å². The lowest BCUT2D eigenvalue weighted by Crippen LogP contribution is -2.49. The molecule has 1 aromatic heterocycles. The number of thiazole rings is 1. The number of hydrogen-bond donors (Lipinski definition) is 3. The molecule has 2 amide bonds. The van der Waals surface area contributed by atoms with E-state index in [0.717, 1.165) is 11.1 Å². The van der Waals surface area contributed by atoms with Crippen LogP contribution in [0.25, 0.3) is 0 Å². The van der Waals surface area contributed by atoms with E-state index < -0.39 is 34.4 Å². The molecule has 36 heavy (non-hydrogen) atoms. The van der Waals surface area contributed by atoms with Crippen LogP contribution in [0.1, 0.15) is 22.2 Å². The maximum Gasteiger partial charge on any atom is 0.407 e. The van der Waals surface area contributed by atoms with E-state index in [2.05, 4.69) is 19.8 Å². The highest BCUT2D eigenvalue weighted by atomic mass is 32.2. The maximum atomic E-state index is 13.3. The first-order valence-corrected chi connectivity index (χ1v) is 13.0. The SMILES string of the molecule is COC(=O)NC(Cc1ccccc1)C(=O)NC(Cc1ccc(OS(N)(=O)=O)cc1)c1nc(OC)cs1. The molecule has 2 unspecified atom stereocenters. The summed E-state index contributed by atoms with van der Waals surface area (Å²) in [5, 5.41) is 12.7. The van der Waals surface area contributed by atoms with Gasteiger partial charge in [0.1, 0.15) is 16.8 Å². The number of nitrogens with zero attached hydrogens (tertiary/aromatic N) is 1. The van der Waals surface area contributed by atoms with Crippen molar-refractivity contribution in [3.05, 3.63) is 76.1 Å². The van der Waals surface area contributed by atoms with Gasteiger partial charge in [0.2, 0.25) is 11.8 Å². The molecule has 0 aliphatic rings. The zero-order chi connectivity index (χ0) is 26.1. The average molecular weight is 535 g/mol. The number of nitrogens with two attached hydrogens (primary N) is 1. The van der Waals surface area contributed by atoms with Crippen LogP contribution in [0.5, 0.6) is 11.6 Å². The Morgan fingerprint density at radius 2 is 1.67 bits per heavy atom. The first-order valence-electron chi connectivity index (χ1n) is 10.7. The maximum absolute atomic E-state index is 13.3. The number of aromatic nitrogens is 1. The van der Waals surface area contributed by atoms with E-state index in [1.165, 1.54) is 37.7 Å². The summed E-state index contributed by atoms with van der Waals surface area (Å²) in [7, 11) is -1.43. The highest BCUT2D eigenvalue weighted by molar-refractivity contribution is 7.84.